The van der Waals surface area contributed by atoms with Crippen molar-refractivity contribution < 1.29 is 9.47 Å². The van der Waals surface area contributed by atoms with Crippen molar-refractivity contribution in [3.8, 4) is 22.1 Å². The Kier molecular flexibility index (Phi) is 4.91. The van der Waals surface area contributed by atoms with Gasteiger partial charge in [0.15, 0.2) is 0 Å². The van der Waals surface area contributed by atoms with E-state index in [1.165, 1.54) is 16.0 Å². The van der Waals surface area contributed by atoms with Crippen molar-refractivity contribution in [2.24, 2.45) is 0 Å². The molecule has 3 aromatic rings. The number of methoxy groups -OCH3 is 1. The highest BCUT2D eigenvalue weighted by Crippen LogP contribution is 2.31. The molecule has 1 atom stereocenters. The molecule has 2 aromatic carbocycles. The molecule has 0 radical (unpaired) electrons. The van der Waals surface area contributed by atoms with Crippen molar-refractivity contribution in [1.82, 2.24) is 9.88 Å². The van der Waals surface area contributed by atoms with E-state index in [-0.39, 0.29) is 6.10 Å². The zero-order chi connectivity index (χ0) is 17.9. The SMILES string of the molecule is COc1ccc2c(c1)OC(C)CN(Cc1cnc(-c3ccccc3)s1)C2. The molecule has 1 aliphatic heterocycles. The highest BCUT2D eigenvalue weighted by atomic mass is 32.1. The van der Waals surface area contributed by atoms with Gasteiger partial charge in [-0.25, -0.2) is 4.98 Å². The fraction of sp³-hybridized carbons (Fsp3) is 0.286. The standard InChI is InChI=1S/C21H22N2O2S/c1-15-12-23(13-17-8-9-18(24-2)10-20(17)25-15)14-19-11-22-21(26-19)16-6-4-3-5-7-16/h3-11,15H,12-14H2,1-2H3. The number of hydrogen-bond acceptors (Lipinski definition) is 5. The van der Waals surface area contributed by atoms with Gasteiger partial charge in [-0.3, -0.25) is 4.90 Å². The minimum absolute atomic E-state index is 0.130. The Morgan fingerprint density at radius 2 is 2.08 bits per heavy atom. The molecule has 0 aliphatic carbocycles. The third kappa shape index (κ3) is 3.74. The number of fused-ring (bicyclic) bond motifs is 1. The summed E-state index contributed by atoms with van der Waals surface area (Å²) < 4.78 is 11.4. The van der Waals surface area contributed by atoms with Crippen LogP contribution in [0.1, 0.15) is 17.4 Å². The Bertz CT molecular complexity index is 879. The Morgan fingerprint density at radius 1 is 1.23 bits per heavy atom. The molecule has 0 bridgehead atoms. The summed E-state index contributed by atoms with van der Waals surface area (Å²) in [6.45, 7) is 4.74. The lowest BCUT2D eigenvalue weighted by molar-refractivity contribution is 0.157. The van der Waals surface area contributed by atoms with E-state index in [1.807, 2.05) is 24.4 Å². The summed E-state index contributed by atoms with van der Waals surface area (Å²) in [6.07, 6.45) is 2.13. The fourth-order valence-electron chi connectivity index (χ4n) is 3.26. The van der Waals surface area contributed by atoms with Gasteiger partial charge in [0.2, 0.25) is 0 Å². The number of thiazole rings is 1. The molecule has 1 aliphatic rings. The van der Waals surface area contributed by atoms with E-state index in [0.717, 1.165) is 36.1 Å². The summed E-state index contributed by atoms with van der Waals surface area (Å²) in [4.78, 5) is 8.30. The second-order valence-electron chi connectivity index (χ2n) is 6.57. The summed E-state index contributed by atoms with van der Waals surface area (Å²) in [5.41, 5.74) is 2.37. The molecule has 0 amide bonds. The quantitative estimate of drug-likeness (QED) is 0.676. The first-order valence-corrected chi connectivity index (χ1v) is 9.59. The molecule has 134 valence electrons. The summed E-state index contributed by atoms with van der Waals surface area (Å²) in [5, 5.41) is 1.07. The highest BCUT2D eigenvalue weighted by Gasteiger charge is 2.21. The van der Waals surface area contributed by atoms with E-state index < -0.39 is 0 Å². The molecular weight excluding hydrogens is 344 g/mol. The molecule has 2 heterocycles. The Labute approximate surface area is 158 Å². The van der Waals surface area contributed by atoms with Crippen LogP contribution in [0.5, 0.6) is 11.5 Å². The zero-order valence-corrected chi connectivity index (χ0v) is 15.8. The van der Waals surface area contributed by atoms with Gasteiger partial charge in [0.05, 0.1) is 7.11 Å². The van der Waals surface area contributed by atoms with Gasteiger partial charge in [-0.1, -0.05) is 36.4 Å². The Morgan fingerprint density at radius 3 is 2.88 bits per heavy atom. The molecule has 0 saturated heterocycles. The molecule has 0 saturated carbocycles. The monoisotopic (exact) mass is 366 g/mol. The van der Waals surface area contributed by atoms with Gasteiger partial charge in [0, 0.05) is 47.9 Å². The van der Waals surface area contributed by atoms with Crippen LogP contribution in [0.4, 0.5) is 0 Å². The average Bonchev–Trinajstić information content (AvgIpc) is 3.05. The van der Waals surface area contributed by atoms with Crippen LogP contribution >= 0.6 is 11.3 Å². The van der Waals surface area contributed by atoms with Crippen LogP contribution in [-0.4, -0.2) is 29.6 Å². The van der Waals surface area contributed by atoms with Crippen molar-refractivity contribution in [2.75, 3.05) is 13.7 Å². The maximum absolute atomic E-state index is 6.11. The molecular formula is C21H22N2O2S. The van der Waals surface area contributed by atoms with Gasteiger partial charge in [0.1, 0.15) is 22.6 Å². The second-order valence-corrected chi connectivity index (χ2v) is 7.68. The number of nitrogens with zero attached hydrogens (tertiary/aromatic N) is 2. The van der Waals surface area contributed by atoms with Gasteiger partial charge in [-0.05, 0) is 13.0 Å². The largest absolute Gasteiger partial charge is 0.497 e. The average molecular weight is 366 g/mol. The van der Waals surface area contributed by atoms with Crippen LogP contribution in [0, 0.1) is 0 Å². The second kappa shape index (κ2) is 7.48. The van der Waals surface area contributed by atoms with E-state index in [2.05, 4.69) is 47.1 Å². The number of benzene rings is 2. The number of ether oxygens (including phenoxy) is 2. The van der Waals surface area contributed by atoms with E-state index in [4.69, 9.17) is 9.47 Å². The van der Waals surface area contributed by atoms with Crippen molar-refractivity contribution >= 4 is 11.3 Å². The van der Waals surface area contributed by atoms with E-state index in [1.54, 1.807) is 18.4 Å². The molecule has 1 aromatic heterocycles. The van der Waals surface area contributed by atoms with Crippen LogP contribution < -0.4 is 9.47 Å². The van der Waals surface area contributed by atoms with Crippen LogP contribution in [0.25, 0.3) is 10.6 Å². The molecule has 4 rings (SSSR count). The molecule has 1 unspecified atom stereocenters. The van der Waals surface area contributed by atoms with Crippen molar-refractivity contribution in [3.05, 3.63) is 65.2 Å². The molecule has 0 fully saturated rings. The van der Waals surface area contributed by atoms with E-state index >= 15 is 0 Å². The Hall–Kier alpha value is -2.37. The molecule has 0 spiro atoms. The summed E-state index contributed by atoms with van der Waals surface area (Å²) >= 11 is 1.76. The lowest BCUT2D eigenvalue weighted by atomic mass is 10.2. The summed E-state index contributed by atoms with van der Waals surface area (Å²) in [7, 11) is 1.68. The maximum atomic E-state index is 6.11. The van der Waals surface area contributed by atoms with Gasteiger partial charge < -0.3 is 9.47 Å². The van der Waals surface area contributed by atoms with Crippen LogP contribution in [0.3, 0.4) is 0 Å². The predicted octanol–water partition coefficient (Wildman–Crippen LogP) is 4.60. The molecule has 4 nitrogen and oxygen atoms in total. The third-order valence-electron chi connectivity index (χ3n) is 4.47. The minimum atomic E-state index is 0.130. The topological polar surface area (TPSA) is 34.6 Å². The van der Waals surface area contributed by atoms with E-state index in [0.29, 0.717) is 0 Å². The van der Waals surface area contributed by atoms with Crippen molar-refractivity contribution in [1.29, 1.82) is 0 Å². The van der Waals surface area contributed by atoms with Gasteiger partial charge >= 0.3 is 0 Å². The van der Waals surface area contributed by atoms with Crippen molar-refractivity contribution in [3.63, 3.8) is 0 Å². The number of aromatic nitrogens is 1. The van der Waals surface area contributed by atoms with Crippen LogP contribution in [0.2, 0.25) is 0 Å². The molecule has 0 N–H and O–H groups in total. The smallest absolute Gasteiger partial charge is 0.127 e. The first-order chi connectivity index (χ1) is 12.7. The van der Waals surface area contributed by atoms with Crippen molar-refractivity contribution in [2.45, 2.75) is 26.1 Å². The normalized spacial score (nSPS) is 17.2. The lowest BCUT2D eigenvalue weighted by Gasteiger charge is -2.20. The third-order valence-corrected chi connectivity index (χ3v) is 5.50. The summed E-state index contributed by atoms with van der Waals surface area (Å²) in [5.74, 6) is 1.76. The van der Waals surface area contributed by atoms with E-state index in [9.17, 15) is 0 Å². The fourth-order valence-corrected chi connectivity index (χ4v) is 4.22. The molecule has 26 heavy (non-hydrogen) atoms. The van der Waals surface area contributed by atoms with Gasteiger partial charge in [0.25, 0.3) is 0 Å². The number of hydrogen-bond donors (Lipinski definition) is 0. The van der Waals surface area contributed by atoms with Crippen LogP contribution in [-0.2, 0) is 13.1 Å². The van der Waals surface area contributed by atoms with Gasteiger partial charge in [-0.2, -0.15) is 0 Å². The minimum Gasteiger partial charge on any atom is -0.497 e. The lowest BCUT2D eigenvalue weighted by Crippen LogP contribution is -2.30. The number of rotatable bonds is 4. The van der Waals surface area contributed by atoms with Gasteiger partial charge in [-0.15, -0.1) is 11.3 Å². The molecule has 5 heteroatoms. The zero-order valence-electron chi connectivity index (χ0n) is 15.0. The predicted molar refractivity (Wildman–Crippen MR) is 105 cm³/mol. The Balaban J connectivity index is 1.52. The van der Waals surface area contributed by atoms with Crippen LogP contribution in [0.15, 0.2) is 54.7 Å². The maximum Gasteiger partial charge on any atom is 0.127 e. The first kappa shape index (κ1) is 17.1. The highest BCUT2D eigenvalue weighted by molar-refractivity contribution is 7.15. The summed E-state index contributed by atoms with van der Waals surface area (Å²) in [6, 6.07) is 16.4. The first-order valence-electron chi connectivity index (χ1n) is 8.77.